The fourth-order valence-corrected chi connectivity index (χ4v) is 3.64. The first-order valence-electron chi connectivity index (χ1n) is 6.58. The first-order chi connectivity index (χ1) is 8.63. The smallest absolute Gasteiger partial charge is 0.0783 e. The molecule has 0 amide bonds. The number of hydrogen-bond acceptors (Lipinski definition) is 1. The van der Waals surface area contributed by atoms with E-state index in [-0.39, 0.29) is 5.60 Å². The average molecular weight is 376 g/mol. The van der Waals surface area contributed by atoms with Crippen molar-refractivity contribution in [3.05, 3.63) is 34.3 Å². The van der Waals surface area contributed by atoms with Gasteiger partial charge in [-0.3, -0.25) is 0 Å². The van der Waals surface area contributed by atoms with Crippen LogP contribution in [0.25, 0.3) is 0 Å². The molecule has 100 valence electrons. The molecule has 1 aliphatic rings. The fourth-order valence-electron chi connectivity index (χ4n) is 2.47. The number of rotatable bonds is 4. The van der Waals surface area contributed by atoms with Gasteiger partial charge in [0.1, 0.15) is 0 Å². The number of benzene rings is 1. The Kier molecular flexibility index (Phi) is 5.28. The van der Waals surface area contributed by atoms with E-state index in [2.05, 4.69) is 57.0 Å². The van der Waals surface area contributed by atoms with Gasteiger partial charge in [0.15, 0.2) is 0 Å². The van der Waals surface area contributed by atoms with E-state index in [0.717, 1.165) is 15.7 Å². The molecule has 0 heterocycles. The summed E-state index contributed by atoms with van der Waals surface area (Å²) in [6.45, 7) is 3.05. The Morgan fingerprint density at radius 1 is 1.33 bits per heavy atom. The molecule has 2 rings (SSSR count). The Morgan fingerprint density at radius 3 is 2.67 bits per heavy atom. The lowest BCUT2D eigenvalue weighted by atomic mass is 9.80. The Labute approximate surface area is 127 Å². The molecular formula is C15H20Br2O. The van der Waals surface area contributed by atoms with E-state index < -0.39 is 0 Å². The summed E-state index contributed by atoms with van der Waals surface area (Å²) in [7, 11) is 0. The highest BCUT2D eigenvalue weighted by Gasteiger charge is 2.34. The minimum Gasteiger partial charge on any atom is -0.369 e. The topological polar surface area (TPSA) is 9.23 Å². The number of alkyl halides is 1. The van der Waals surface area contributed by atoms with Crippen molar-refractivity contribution < 1.29 is 4.74 Å². The summed E-state index contributed by atoms with van der Waals surface area (Å²) in [5, 5.41) is 0.945. The first-order valence-corrected chi connectivity index (χ1v) is 8.49. The highest BCUT2D eigenvalue weighted by atomic mass is 79.9. The van der Waals surface area contributed by atoms with Crippen LogP contribution in [-0.2, 0) is 11.3 Å². The summed E-state index contributed by atoms with van der Waals surface area (Å²) in [5.41, 5.74) is 1.29. The number of hydrogen-bond donors (Lipinski definition) is 0. The van der Waals surface area contributed by atoms with E-state index in [9.17, 15) is 0 Å². The second kappa shape index (κ2) is 6.53. The van der Waals surface area contributed by atoms with Gasteiger partial charge in [0.2, 0.25) is 0 Å². The zero-order valence-electron chi connectivity index (χ0n) is 10.8. The monoisotopic (exact) mass is 374 g/mol. The summed E-state index contributed by atoms with van der Waals surface area (Å²) in [5.74, 6) is 0.853. The van der Waals surface area contributed by atoms with Gasteiger partial charge in [0.25, 0.3) is 0 Å². The minimum absolute atomic E-state index is 0.0504. The molecule has 1 nitrogen and oxygen atoms in total. The van der Waals surface area contributed by atoms with Gasteiger partial charge in [0.05, 0.1) is 12.2 Å². The van der Waals surface area contributed by atoms with E-state index >= 15 is 0 Å². The van der Waals surface area contributed by atoms with Gasteiger partial charge in [0, 0.05) is 9.80 Å². The van der Waals surface area contributed by atoms with Crippen molar-refractivity contribution in [3.63, 3.8) is 0 Å². The third-order valence-corrected chi connectivity index (χ3v) is 5.38. The Morgan fingerprint density at radius 2 is 2.06 bits per heavy atom. The molecule has 0 saturated heterocycles. The fraction of sp³-hybridized carbons (Fsp3) is 0.600. The maximum Gasteiger partial charge on any atom is 0.0783 e. The first kappa shape index (κ1) is 14.5. The molecule has 3 heteroatoms. The molecular weight excluding hydrogens is 356 g/mol. The Bertz CT molecular complexity index is 384. The molecule has 1 saturated carbocycles. The van der Waals surface area contributed by atoms with Crippen molar-refractivity contribution in [2.75, 3.05) is 5.33 Å². The molecule has 1 aromatic carbocycles. The molecule has 0 atom stereocenters. The Balaban J connectivity index is 1.95. The van der Waals surface area contributed by atoms with Gasteiger partial charge < -0.3 is 4.74 Å². The zero-order valence-corrected chi connectivity index (χ0v) is 14.0. The number of halogens is 2. The van der Waals surface area contributed by atoms with E-state index in [1.807, 2.05) is 6.07 Å². The van der Waals surface area contributed by atoms with Crippen LogP contribution in [0.1, 0.15) is 38.2 Å². The van der Waals surface area contributed by atoms with Crippen molar-refractivity contribution in [2.45, 2.75) is 44.8 Å². The predicted octanol–water partition coefficient (Wildman–Crippen LogP) is 5.31. The van der Waals surface area contributed by atoms with Crippen LogP contribution >= 0.6 is 31.9 Å². The molecule has 0 spiro atoms. The second-order valence-electron chi connectivity index (χ2n) is 5.42. The quantitative estimate of drug-likeness (QED) is 0.648. The Hall–Kier alpha value is 0.140. The van der Waals surface area contributed by atoms with Gasteiger partial charge in [-0.2, -0.15) is 0 Å². The van der Waals surface area contributed by atoms with Crippen LogP contribution in [0.2, 0.25) is 0 Å². The summed E-state index contributed by atoms with van der Waals surface area (Å²) < 4.78 is 7.36. The minimum atomic E-state index is 0.0504. The van der Waals surface area contributed by atoms with Crippen molar-refractivity contribution >= 4 is 31.9 Å². The molecule has 1 aliphatic carbocycles. The molecule has 0 aliphatic heterocycles. The van der Waals surface area contributed by atoms with Crippen molar-refractivity contribution in [2.24, 2.45) is 5.92 Å². The van der Waals surface area contributed by atoms with Crippen LogP contribution in [0, 0.1) is 5.92 Å². The van der Waals surface area contributed by atoms with Crippen molar-refractivity contribution in [1.29, 1.82) is 0 Å². The summed E-state index contributed by atoms with van der Waals surface area (Å²) >= 11 is 7.14. The summed E-state index contributed by atoms with van der Waals surface area (Å²) in [6.07, 6.45) is 4.91. The van der Waals surface area contributed by atoms with Crippen molar-refractivity contribution in [1.82, 2.24) is 0 Å². The van der Waals surface area contributed by atoms with Gasteiger partial charge in [-0.1, -0.05) is 50.9 Å². The van der Waals surface area contributed by atoms with Crippen LogP contribution < -0.4 is 0 Å². The van der Waals surface area contributed by atoms with Gasteiger partial charge in [-0.25, -0.2) is 0 Å². The molecule has 1 fully saturated rings. The van der Waals surface area contributed by atoms with E-state index in [1.165, 1.54) is 31.2 Å². The van der Waals surface area contributed by atoms with Gasteiger partial charge in [-0.15, -0.1) is 0 Å². The SMILES string of the molecule is CC1CCC(CBr)(OCc2cccc(Br)c2)CC1. The largest absolute Gasteiger partial charge is 0.369 e. The molecule has 18 heavy (non-hydrogen) atoms. The van der Waals surface area contributed by atoms with Crippen LogP contribution in [0.5, 0.6) is 0 Å². The average Bonchev–Trinajstić information content (AvgIpc) is 2.39. The third-order valence-electron chi connectivity index (χ3n) is 3.86. The normalized spacial score (nSPS) is 28.3. The summed E-state index contributed by atoms with van der Waals surface area (Å²) in [6, 6.07) is 8.37. The van der Waals surface area contributed by atoms with E-state index in [4.69, 9.17) is 4.74 Å². The summed E-state index contributed by atoms with van der Waals surface area (Å²) in [4.78, 5) is 0. The molecule has 0 bridgehead atoms. The lowest BCUT2D eigenvalue weighted by molar-refractivity contribution is -0.0688. The van der Waals surface area contributed by atoms with E-state index in [0.29, 0.717) is 6.61 Å². The van der Waals surface area contributed by atoms with E-state index in [1.54, 1.807) is 0 Å². The molecule has 1 aromatic rings. The second-order valence-corrected chi connectivity index (χ2v) is 6.89. The van der Waals surface area contributed by atoms with Gasteiger partial charge in [-0.05, 0) is 49.3 Å². The highest BCUT2D eigenvalue weighted by Crippen LogP contribution is 2.36. The predicted molar refractivity (Wildman–Crippen MR) is 83.1 cm³/mol. The highest BCUT2D eigenvalue weighted by molar-refractivity contribution is 9.10. The maximum atomic E-state index is 6.24. The van der Waals surface area contributed by atoms with Crippen LogP contribution in [0.15, 0.2) is 28.7 Å². The van der Waals surface area contributed by atoms with Gasteiger partial charge >= 0.3 is 0 Å². The number of ether oxygens (including phenoxy) is 1. The lowest BCUT2D eigenvalue weighted by Gasteiger charge is -2.38. The molecule has 0 radical (unpaired) electrons. The van der Waals surface area contributed by atoms with Crippen LogP contribution in [0.3, 0.4) is 0 Å². The molecule has 0 unspecified atom stereocenters. The zero-order chi connectivity index (χ0) is 13.0. The molecule has 0 aromatic heterocycles. The van der Waals surface area contributed by atoms with Crippen LogP contribution in [-0.4, -0.2) is 10.9 Å². The lowest BCUT2D eigenvalue weighted by Crippen LogP contribution is -2.38. The maximum absolute atomic E-state index is 6.24. The third kappa shape index (κ3) is 3.82. The standard InChI is InChI=1S/C15H20Br2O/c1-12-5-7-15(11-16,8-6-12)18-10-13-3-2-4-14(17)9-13/h2-4,9,12H,5-8,10-11H2,1H3. The molecule has 0 N–H and O–H groups in total. The van der Waals surface area contributed by atoms with Crippen LogP contribution in [0.4, 0.5) is 0 Å². The van der Waals surface area contributed by atoms with Crippen molar-refractivity contribution in [3.8, 4) is 0 Å².